The maximum atomic E-state index is 11.1. The lowest BCUT2D eigenvalue weighted by Gasteiger charge is -2.24. The Hall–Kier alpha value is -1.96. The van der Waals surface area contributed by atoms with Crippen LogP contribution in [0, 0.1) is 13.8 Å². The van der Waals surface area contributed by atoms with Gasteiger partial charge in [-0.25, -0.2) is 0 Å². The van der Waals surface area contributed by atoms with E-state index in [4.69, 9.17) is 0 Å². The molecule has 2 N–H and O–H groups in total. The second kappa shape index (κ2) is 10.5. The first-order chi connectivity index (χ1) is 13.4. The van der Waals surface area contributed by atoms with E-state index in [1.165, 1.54) is 11.1 Å². The molecule has 0 spiro atoms. The highest BCUT2D eigenvalue weighted by molar-refractivity contribution is 5.52. The standard InChI is InChI=1S/C26H38O2/c1-6-9-12-20-16-19(5)23(17-25(20)27)22(11-8-3)24-15-18(4)14-21(26(24)28)13-10-7-2/h14-17,22,27-28H,6-13H2,1-5H3. The minimum absolute atomic E-state index is 0.108. The Labute approximate surface area is 171 Å². The predicted molar refractivity (Wildman–Crippen MR) is 120 cm³/mol. The summed E-state index contributed by atoms with van der Waals surface area (Å²) in [7, 11) is 0. The lowest BCUT2D eigenvalue weighted by Crippen LogP contribution is -2.06. The molecule has 2 rings (SSSR count). The third kappa shape index (κ3) is 5.31. The molecule has 2 nitrogen and oxygen atoms in total. The van der Waals surface area contributed by atoms with Gasteiger partial charge in [0, 0.05) is 11.5 Å². The van der Waals surface area contributed by atoms with Crippen LogP contribution in [0.1, 0.15) is 98.6 Å². The molecule has 2 aromatic carbocycles. The molecule has 0 aliphatic carbocycles. The maximum Gasteiger partial charge on any atom is 0.122 e. The van der Waals surface area contributed by atoms with E-state index in [0.29, 0.717) is 11.5 Å². The molecule has 0 aliphatic heterocycles. The normalized spacial score (nSPS) is 12.3. The van der Waals surface area contributed by atoms with E-state index in [-0.39, 0.29) is 5.92 Å². The maximum absolute atomic E-state index is 11.1. The molecule has 154 valence electrons. The number of rotatable bonds is 10. The zero-order chi connectivity index (χ0) is 20.7. The number of hydrogen-bond acceptors (Lipinski definition) is 2. The van der Waals surface area contributed by atoms with E-state index >= 15 is 0 Å². The molecule has 28 heavy (non-hydrogen) atoms. The molecule has 0 bridgehead atoms. The Kier molecular flexibility index (Phi) is 8.41. The minimum Gasteiger partial charge on any atom is -0.508 e. The molecular weight excluding hydrogens is 344 g/mol. The fourth-order valence-corrected chi connectivity index (χ4v) is 4.19. The summed E-state index contributed by atoms with van der Waals surface area (Å²) in [5.74, 6) is 0.955. The average Bonchev–Trinajstić information content (AvgIpc) is 2.67. The molecule has 2 aromatic rings. The van der Waals surface area contributed by atoms with Crippen LogP contribution in [-0.4, -0.2) is 10.2 Å². The summed E-state index contributed by atoms with van der Waals surface area (Å²) < 4.78 is 0. The van der Waals surface area contributed by atoms with Gasteiger partial charge in [-0.05, 0) is 74.3 Å². The van der Waals surface area contributed by atoms with Gasteiger partial charge in [-0.3, -0.25) is 0 Å². The highest BCUT2D eigenvalue weighted by Gasteiger charge is 2.22. The highest BCUT2D eigenvalue weighted by atomic mass is 16.3. The van der Waals surface area contributed by atoms with Gasteiger partial charge in [0.2, 0.25) is 0 Å². The van der Waals surface area contributed by atoms with Crippen molar-refractivity contribution in [2.75, 3.05) is 0 Å². The van der Waals surface area contributed by atoms with Gasteiger partial charge in [0.1, 0.15) is 11.5 Å². The largest absolute Gasteiger partial charge is 0.508 e. The quantitative estimate of drug-likeness (QED) is 0.451. The monoisotopic (exact) mass is 382 g/mol. The molecule has 0 heterocycles. The van der Waals surface area contributed by atoms with Crippen molar-refractivity contribution in [3.8, 4) is 11.5 Å². The number of aromatic hydroxyl groups is 2. The molecule has 0 fully saturated rings. The molecule has 0 saturated carbocycles. The van der Waals surface area contributed by atoms with Crippen LogP contribution < -0.4 is 0 Å². The minimum atomic E-state index is 0.108. The Morgan fingerprint density at radius 2 is 1.39 bits per heavy atom. The van der Waals surface area contributed by atoms with Gasteiger partial charge in [-0.2, -0.15) is 0 Å². The number of benzene rings is 2. The van der Waals surface area contributed by atoms with Crippen LogP contribution in [0.5, 0.6) is 11.5 Å². The zero-order valence-electron chi connectivity index (χ0n) is 18.4. The van der Waals surface area contributed by atoms with E-state index in [9.17, 15) is 10.2 Å². The van der Waals surface area contributed by atoms with Crippen molar-refractivity contribution in [1.82, 2.24) is 0 Å². The molecule has 0 radical (unpaired) electrons. The molecule has 0 amide bonds. The van der Waals surface area contributed by atoms with Gasteiger partial charge in [0.05, 0.1) is 0 Å². The summed E-state index contributed by atoms with van der Waals surface area (Å²) in [6.45, 7) is 10.8. The average molecular weight is 383 g/mol. The molecule has 1 unspecified atom stereocenters. The predicted octanol–water partition coefficient (Wildman–Crippen LogP) is 7.33. The van der Waals surface area contributed by atoms with Crippen LogP contribution in [0.4, 0.5) is 0 Å². The molecule has 1 atom stereocenters. The van der Waals surface area contributed by atoms with Crippen molar-refractivity contribution in [3.05, 3.63) is 57.6 Å². The van der Waals surface area contributed by atoms with Crippen molar-refractivity contribution >= 4 is 0 Å². The first-order valence-electron chi connectivity index (χ1n) is 11.1. The SMILES string of the molecule is CCCCc1cc(C)c(C(CCC)c2cc(C)cc(CCCC)c2O)cc1O. The number of phenolic OH excluding ortho intramolecular Hbond substituents is 2. The van der Waals surface area contributed by atoms with Gasteiger partial charge >= 0.3 is 0 Å². The third-order valence-electron chi connectivity index (χ3n) is 5.76. The van der Waals surface area contributed by atoms with Crippen LogP contribution in [0.15, 0.2) is 24.3 Å². The highest BCUT2D eigenvalue weighted by Crippen LogP contribution is 2.41. The first-order valence-corrected chi connectivity index (χ1v) is 11.1. The van der Waals surface area contributed by atoms with Crippen molar-refractivity contribution in [2.45, 2.75) is 91.9 Å². The van der Waals surface area contributed by atoms with E-state index in [0.717, 1.165) is 73.6 Å². The van der Waals surface area contributed by atoms with Crippen LogP contribution in [0.25, 0.3) is 0 Å². The van der Waals surface area contributed by atoms with Crippen molar-refractivity contribution in [1.29, 1.82) is 0 Å². The summed E-state index contributed by atoms with van der Waals surface area (Å²) in [5.41, 5.74) is 6.65. The number of unbranched alkanes of at least 4 members (excludes halogenated alkanes) is 2. The van der Waals surface area contributed by atoms with Gasteiger partial charge in [0.15, 0.2) is 0 Å². The molecule has 2 heteroatoms. The van der Waals surface area contributed by atoms with Gasteiger partial charge in [0.25, 0.3) is 0 Å². The Morgan fingerprint density at radius 3 is 2.00 bits per heavy atom. The second-order valence-corrected chi connectivity index (χ2v) is 8.25. The Morgan fingerprint density at radius 1 is 0.750 bits per heavy atom. The van der Waals surface area contributed by atoms with E-state index in [1.54, 1.807) is 0 Å². The van der Waals surface area contributed by atoms with Crippen molar-refractivity contribution in [2.24, 2.45) is 0 Å². The molecule has 0 aliphatic rings. The zero-order valence-corrected chi connectivity index (χ0v) is 18.4. The third-order valence-corrected chi connectivity index (χ3v) is 5.76. The fraction of sp³-hybridized carbons (Fsp3) is 0.538. The molecule has 0 aromatic heterocycles. The number of aryl methyl sites for hydroxylation is 4. The second-order valence-electron chi connectivity index (χ2n) is 8.25. The van der Waals surface area contributed by atoms with Crippen LogP contribution >= 0.6 is 0 Å². The summed E-state index contributed by atoms with van der Waals surface area (Å²) >= 11 is 0. The van der Waals surface area contributed by atoms with Gasteiger partial charge < -0.3 is 10.2 Å². The van der Waals surface area contributed by atoms with Crippen molar-refractivity contribution in [3.63, 3.8) is 0 Å². The lowest BCUT2D eigenvalue weighted by molar-refractivity contribution is 0.452. The lowest BCUT2D eigenvalue weighted by atomic mass is 9.82. The van der Waals surface area contributed by atoms with Crippen molar-refractivity contribution < 1.29 is 10.2 Å². The summed E-state index contributed by atoms with van der Waals surface area (Å²) in [5, 5.41) is 21.7. The molecule has 0 saturated heterocycles. The van der Waals surface area contributed by atoms with Gasteiger partial charge in [-0.15, -0.1) is 0 Å². The van der Waals surface area contributed by atoms with Gasteiger partial charge in [-0.1, -0.05) is 63.8 Å². The van der Waals surface area contributed by atoms with Crippen LogP contribution in [-0.2, 0) is 12.8 Å². The van der Waals surface area contributed by atoms with Crippen LogP contribution in [0.3, 0.4) is 0 Å². The van der Waals surface area contributed by atoms with E-state index in [2.05, 4.69) is 52.8 Å². The summed E-state index contributed by atoms with van der Waals surface area (Å²) in [6.07, 6.45) is 8.22. The van der Waals surface area contributed by atoms with Crippen LogP contribution in [0.2, 0.25) is 0 Å². The smallest absolute Gasteiger partial charge is 0.122 e. The Balaban J connectivity index is 2.51. The molecular formula is C26H38O2. The topological polar surface area (TPSA) is 40.5 Å². The fourth-order valence-electron chi connectivity index (χ4n) is 4.19. The Bertz CT molecular complexity index is 776. The number of hydrogen-bond donors (Lipinski definition) is 2. The van der Waals surface area contributed by atoms with E-state index < -0.39 is 0 Å². The number of phenols is 2. The first kappa shape index (κ1) is 22.3. The summed E-state index contributed by atoms with van der Waals surface area (Å²) in [4.78, 5) is 0. The summed E-state index contributed by atoms with van der Waals surface area (Å²) in [6, 6.07) is 8.35. The van der Waals surface area contributed by atoms with E-state index in [1.807, 2.05) is 6.07 Å².